The minimum Gasteiger partial charge on any atom is -0.325 e. The number of hydrogen-bond acceptors (Lipinski definition) is 3. The second-order valence-electron chi connectivity index (χ2n) is 5.08. The van der Waals surface area contributed by atoms with Gasteiger partial charge in [-0.25, -0.2) is 0 Å². The first-order valence-electron chi connectivity index (χ1n) is 6.89. The molecule has 1 aromatic rings. The summed E-state index contributed by atoms with van der Waals surface area (Å²) in [6.45, 7) is 2.10. The fraction of sp³-hybridized carbons (Fsp3) is 0.467. The van der Waals surface area contributed by atoms with Crippen LogP contribution in [0.15, 0.2) is 22.7 Å². The van der Waals surface area contributed by atoms with E-state index in [1.54, 1.807) is 18.2 Å². The smallest absolute Gasteiger partial charge is 0.224 e. The van der Waals surface area contributed by atoms with Crippen LogP contribution in [-0.2, 0) is 4.79 Å². The maximum atomic E-state index is 12.0. The summed E-state index contributed by atoms with van der Waals surface area (Å²) >= 11 is 3.35. The molecule has 0 saturated carbocycles. The molecule has 0 aromatic heterocycles. The number of nitrogens with zero attached hydrogens (tertiary/aromatic N) is 1. The van der Waals surface area contributed by atoms with Crippen molar-refractivity contribution in [1.82, 2.24) is 5.32 Å². The Morgan fingerprint density at radius 2 is 2.20 bits per heavy atom. The van der Waals surface area contributed by atoms with Gasteiger partial charge in [0.1, 0.15) is 6.07 Å². The SMILES string of the molecule is N#Cc1ccc(Br)cc1NC(=O)CCC1CCNCC1. The molecule has 2 rings (SSSR count). The molecule has 20 heavy (non-hydrogen) atoms. The zero-order valence-electron chi connectivity index (χ0n) is 11.3. The van der Waals surface area contributed by atoms with Crippen LogP contribution in [0.1, 0.15) is 31.2 Å². The lowest BCUT2D eigenvalue weighted by Crippen LogP contribution is -2.28. The summed E-state index contributed by atoms with van der Waals surface area (Å²) in [5.74, 6) is 0.623. The van der Waals surface area contributed by atoms with E-state index in [1.807, 2.05) is 0 Å². The van der Waals surface area contributed by atoms with Gasteiger partial charge >= 0.3 is 0 Å². The number of halogens is 1. The minimum absolute atomic E-state index is 0.0156. The number of nitrogens with one attached hydrogen (secondary N) is 2. The van der Waals surface area contributed by atoms with E-state index in [4.69, 9.17) is 5.26 Å². The van der Waals surface area contributed by atoms with Gasteiger partial charge in [-0.3, -0.25) is 4.79 Å². The molecular formula is C15H18BrN3O. The highest BCUT2D eigenvalue weighted by Crippen LogP contribution is 2.22. The van der Waals surface area contributed by atoms with Crippen LogP contribution in [0.3, 0.4) is 0 Å². The summed E-state index contributed by atoms with van der Waals surface area (Å²) < 4.78 is 0.852. The van der Waals surface area contributed by atoms with Crippen LogP contribution >= 0.6 is 15.9 Å². The van der Waals surface area contributed by atoms with Gasteiger partial charge in [0.25, 0.3) is 0 Å². The van der Waals surface area contributed by atoms with Crippen LogP contribution in [-0.4, -0.2) is 19.0 Å². The van der Waals surface area contributed by atoms with Crippen molar-refractivity contribution >= 4 is 27.5 Å². The third kappa shape index (κ3) is 4.32. The van der Waals surface area contributed by atoms with E-state index in [0.717, 1.165) is 36.8 Å². The largest absolute Gasteiger partial charge is 0.325 e. The van der Waals surface area contributed by atoms with Crippen LogP contribution < -0.4 is 10.6 Å². The average molecular weight is 336 g/mol. The molecule has 1 aliphatic heterocycles. The van der Waals surface area contributed by atoms with Crippen LogP contribution in [0.2, 0.25) is 0 Å². The van der Waals surface area contributed by atoms with E-state index < -0.39 is 0 Å². The predicted octanol–water partition coefficient (Wildman–Crippen LogP) is 3.04. The number of rotatable bonds is 4. The Kier molecular flexibility index (Phi) is 5.57. The molecular weight excluding hydrogens is 318 g/mol. The Bertz CT molecular complexity index is 518. The minimum atomic E-state index is -0.0156. The molecule has 2 N–H and O–H groups in total. The van der Waals surface area contributed by atoms with Crippen molar-refractivity contribution in [3.05, 3.63) is 28.2 Å². The number of benzene rings is 1. The van der Waals surface area contributed by atoms with Gasteiger partial charge in [-0.05, 0) is 56.5 Å². The van der Waals surface area contributed by atoms with Gasteiger partial charge in [0.15, 0.2) is 0 Å². The highest BCUT2D eigenvalue weighted by atomic mass is 79.9. The van der Waals surface area contributed by atoms with Crippen LogP contribution in [0.5, 0.6) is 0 Å². The number of carbonyl (C=O) groups is 1. The summed E-state index contributed by atoms with van der Waals surface area (Å²) in [6.07, 6.45) is 3.73. The van der Waals surface area contributed by atoms with Gasteiger partial charge in [-0.2, -0.15) is 5.26 Å². The Hall–Kier alpha value is -1.38. The normalized spacial score (nSPS) is 15.6. The summed E-state index contributed by atoms with van der Waals surface area (Å²) in [4.78, 5) is 12.0. The second-order valence-corrected chi connectivity index (χ2v) is 6.00. The van der Waals surface area contributed by atoms with Crippen molar-refractivity contribution in [2.45, 2.75) is 25.7 Å². The lowest BCUT2D eigenvalue weighted by atomic mass is 9.93. The van der Waals surface area contributed by atoms with Crippen molar-refractivity contribution in [1.29, 1.82) is 5.26 Å². The molecule has 0 bridgehead atoms. The fourth-order valence-corrected chi connectivity index (χ4v) is 2.80. The van der Waals surface area contributed by atoms with Crippen LogP contribution in [0, 0.1) is 17.2 Å². The second kappa shape index (κ2) is 7.41. The van der Waals surface area contributed by atoms with E-state index in [1.165, 1.54) is 0 Å². The fourth-order valence-electron chi connectivity index (χ4n) is 2.44. The number of piperidine rings is 1. The molecule has 1 heterocycles. The number of amides is 1. The molecule has 0 atom stereocenters. The van der Waals surface area contributed by atoms with Crippen molar-refractivity contribution in [3.63, 3.8) is 0 Å². The molecule has 1 amide bonds. The molecule has 0 aliphatic carbocycles. The Balaban J connectivity index is 1.88. The lowest BCUT2D eigenvalue weighted by Gasteiger charge is -2.22. The van der Waals surface area contributed by atoms with Gasteiger partial charge in [0.05, 0.1) is 11.3 Å². The number of anilines is 1. The van der Waals surface area contributed by atoms with Gasteiger partial charge < -0.3 is 10.6 Å². The number of nitriles is 1. The van der Waals surface area contributed by atoms with E-state index in [-0.39, 0.29) is 5.91 Å². The summed E-state index contributed by atoms with van der Waals surface area (Å²) in [5.41, 5.74) is 1.07. The predicted molar refractivity (Wildman–Crippen MR) is 82.3 cm³/mol. The average Bonchev–Trinajstić information content (AvgIpc) is 2.46. The summed E-state index contributed by atoms with van der Waals surface area (Å²) in [7, 11) is 0. The number of hydrogen-bond donors (Lipinski definition) is 2. The van der Waals surface area contributed by atoms with E-state index in [2.05, 4.69) is 32.6 Å². The molecule has 4 nitrogen and oxygen atoms in total. The molecule has 5 heteroatoms. The van der Waals surface area contributed by atoms with Crippen LogP contribution in [0.4, 0.5) is 5.69 Å². The molecule has 106 valence electrons. The van der Waals surface area contributed by atoms with Gasteiger partial charge in [-0.15, -0.1) is 0 Å². The van der Waals surface area contributed by atoms with Crippen molar-refractivity contribution < 1.29 is 4.79 Å². The molecule has 0 spiro atoms. The van der Waals surface area contributed by atoms with Gasteiger partial charge in [0.2, 0.25) is 5.91 Å². The Labute approximate surface area is 127 Å². The molecule has 1 aromatic carbocycles. The zero-order chi connectivity index (χ0) is 14.4. The van der Waals surface area contributed by atoms with Gasteiger partial charge in [0, 0.05) is 10.9 Å². The summed E-state index contributed by atoms with van der Waals surface area (Å²) in [5, 5.41) is 15.2. The molecule has 1 aliphatic rings. The maximum absolute atomic E-state index is 12.0. The topological polar surface area (TPSA) is 64.9 Å². The molecule has 1 fully saturated rings. The Morgan fingerprint density at radius 1 is 1.45 bits per heavy atom. The maximum Gasteiger partial charge on any atom is 0.224 e. The lowest BCUT2D eigenvalue weighted by molar-refractivity contribution is -0.116. The first-order chi connectivity index (χ1) is 9.69. The third-order valence-corrected chi connectivity index (χ3v) is 4.11. The standard InChI is InChI=1S/C15H18BrN3O/c16-13-3-2-12(10-17)14(9-13)19-15(20)4-1-11-5-7-18-8-6-11/h2-3,9,11,18H,1,4-8H2,(H,19,20). The Morgan fingerprint density at radius 3 is 2.90 bits per heavy atom. The van der Waals surface area contributed by atoms with E-state index in [9.17, 15) is 4.79 Å². The summed E-state index contributed by atoms with van der Waals surface area (Å²) in [6, 6.07) is 7.35. The first-order valence-corrected chi connectivity index (χ1v) is 7.68. The highest BCUT2D eigenvalue weighted by Gasteiger charge is 2.15. The third-order valence-electron chi connectivity index (χ3n) is 3.61. The molecule has 1 saturated heterocycles. The molecule has 0 radical (unpaired) electrons. The zero-order valence-corrected chi connectivity index (χ0v) is 12.9. The van der Waals surface area contributed by atoms with E-state index >= 15 is 0 Å². The monoisotopic (exact) mass is 335 g/mol. The quantitative estimate of drug-likeness (QED) is 0.888. The van der Waals surface area contributed by atoms with Crippen molar-refractivity contribution in [2.75, 3.05) is 18.4 Å². The van der Waals surface area contributed by atoms with E-state index in [0.29, 0.717) is 23.6 Å². The first kappa shape index (κ1) is 15.0. The number of carbonyl (C=O) groups excluding carboxylic acids is 1. The van der Waals surface area contributed by atoms with Crippen molar-refractivity contribution in [2.24, 2.45) is 5.92 Å². The highest BCUT2D eigenvalue weighted by molar-refractivity contribution is 9.10. The van der Waals surface area contributed by atoms with Crippen molar-refractivity contribution in [3.8, 4) is 6.07 Å². The van der Waals surface area contributed by atoms with Crippen LogP contribution in [0.25, 0.3) is 0 Å². The molecule has 0 unspecified atom stereocenters. The van der Waals surface area contributed by atoms with Gasteiger partial charge in [-0.1, -0.05) is 15.9 Å².